The molecule has 0 spiro atoms. The molecule has 8 nitrogen and oxygen atoms in total. The highest BCUT2D eigenvalue weighted by Crippen LogP contribution is 2.20. The number of carbonyl (C=O) groups excluding carboxylic acids is 1. The number of sulfonamides is 1. The van der Waals surface area contributed by atoms with Gasteiger partial charge in [-0.3, -0.25) is 14.9 Å². The quantitative estimate of drug-likeness (QED) is 0.574. The maximum absolute atomic E-state index is 12.8. The van der Waals surface area contributed by atoms with E-state index in [0.717, 1.165) is 25.3 Å². The van der Waals surface area contributed by atoms with Crippen molar-refractivity contribution in [1.82, 2.24) is 9.62 Å². The van der Waals surface area contributed by atoms with Crippen molar-refractivity contribution in [3.8, 4) is 0 Å². The van der Waals surface area contributed by atoms with Crippen LogP contribution in [0.3, 0.4) is 0 Å². The Hall–Kier alpha value is -2.00. The first kappa shape index (κ1) is 20.3. The lowest BCUT2D eigenvalue weighted by Crippen LogP contribution is -2.50. The first-order valence-corrected chi connectivity index (χ1v) is 10.2. The van der Waals surface area contributed by atoms with Crippen molar-refractivity contribution >= 4 is 21.6 Å². The van der Waals surface area contributed by atoms with Crippen molar-refractivity contribution in [3.05, 3.63) is 34.4 Å². The second-order valence-electron chi connectivity index (χ2n) is 6.94. The van der Waals surface area contributed by atoms with E-state index < -0.39 is 21.0 Å². The van der Waals surface area contributed by atoms with Crippen LogP contribution in [0.2, 0.25) is 0 Å². The lowest BCUT2D eigenvalue weighted by molar-refractivity contribution is -0.385. The molecule has 1 aromatic carbocycles. The number of likely N-dealkylation sites (tertiary alicyclic amines) is 1. The van der Waals surface area contributed by atoms with E-state index in [1.807, 2.05) is 13.8 Å². The van der Waals surface area contributed by atoms with Gasteiger partial charge in [0.2, 0.25) is 15.9 Å². The molecule has 1 aromatic rings. The Balaban J connectivity index is 2.24. The highest BCUT2D eigenvalue weighted by Gasteiger charge is 2.31. The van der Waals surface area contributed by atoms with Crippen molar-refractivity contribution in [1.29, 1.82) is 0 Å². The van der Waals surface area contributed by atoms with E-state index in [1.54, 1.807) is 4.90 Å². The molecule has 0 radical (unpaired) electrons. The van der Waals surface area contributed by atoms with E-state index in [2.05, 4.69) is 4.72 Å². The molecule has 1 N–H and O–H groups in total. The summed E-state index contributed by atoms with van der Waals surface area (Å²) in [5.41, 5.74) is -0.310. The van der Waals surface area contributed by atoms with Crippen molar-refractivity contribution in [3.63, 3.8) is 0 Å². The first-order valence-electron chi connectivity index (χ1n) is 8.76. The zero-order chi connectivity index (χ0) is 19.3. The fourth-order valence-corrected chi connectivity index (χ4v) is 4.27. The number of carbonyl (C=O) groups is 1. The Kier molecular flexibility index (Phi) is 6.71. The van der Waals surface area contributed by atoms with Crippen LogP contribution in [0, 0.1) is 16.0 Å². The highest BCUT2D eigenvalue weighted by molar-refractivity contribution is 7.89. The fraction of sp³-hybridized carbons (Fsp3) is 0.588. The number of piperidine rings is 1. The second-order valence-corrected chi connectivity index (χ2v) is 8.66. The van der Waals surface area contributed by atoms with Gasteiger partial charge in [-0.05, 0) is 37.7 Å². The standard InChI is InChI=1S/C17H25N3O5S/c1-13(2)11-16(17(21)19-9-4-3-5-10-19)18-26(24,25)15-8-6-7-14(12-15)20(22)23/h6-8,12-13,16,18H,3-5,9-11H2,1-2H3/t16-/m0/s1. The summed E-state index contributed by atoms with van der Waals surface area (Å²) in [7, 11) is -4.05. The summed E-state index contributed by atoms with van der Waals surface area (Å²) in [5.74, 6) is -0.117. The van der Waals surface area contributed by atoms with E-state index in [0.29, 0.717) is 19.5 Å². The van der Waals surface area contributed by atoms with Gasteiger partial charge in [0.25, 0.3) is 5.69 Å². The summed E-state index contributed by atoms with van der Waals surface area (Å²) < 4.78 is 27.8. The number of hydrogen-bond donors (Lipinski definition) is 1. The summed E-state index contributed by atoms with van der Waals surface area (Å²) >= 11 is 0. The third kappa shape index (κ3) is 5.25. The molecular weight excluding hydrogens is 358 g/mol. The summed E-state index contributed by atoms with van der Waals surface area (Å²) in [6, 6.07) is 3.95. The molecule has 1 amide bonds. The number of rotatable bonds is 7. The summed E-state index contributed by atoms with van der Waals surface area (Å²) in [4.78, 5) is 24.5. The van der Waals surface area contributed by atoms with Gasteiger partial charge in [-0.15, -0.1) is 0 Å². The number of nitro benzene ring substituents is 1. The van der Waals surface area contributed by atoms with E-state index in [-0.39, 0.29) is 22.4 Å². The van der Waals surface area contributed by atoms with Crippen LogP contribution in [0.1, 0.15) is 39.5 Å². The highest BCUT2D eigenvalue weighted by atomic mass is 32.2. The van der Waals surface area contributed by atoms with E-state index >= 15 is 0 Å². The number of amides is 1. The minimum atomic E-state index is -4.05. The predicted molar refractivity (Wildman–Crippen MR) is 97.1 cm³/mol. The molecule has 1 atom stereocenters. The third-order valence-electron chi connectivity index (χ3n) is 4.31. The minimum absolute atomic E-state index is 0.113. The van der Waals surface area contributed by atoms with E-state index in [1.165, 1.54) is 18.2 Å². The van der Waals surface area contributed by atoms with Gasteiger partial charge in [0.15, 0.2) is 0 Å². The third-order valence-corrected chi connectivity index (χ3v) is 5.78. The van der Waals surface area contributed by atoms with Gasteiger partial charge < -0.3 is 4.90 Å². The van der Waals surface area contributed by atoms with Gasteiger partial charge in [-0.1, -0.05) is 19.9 Å². The normalized spacial score (nSPS) is 16.5. The molecule has 1 saturated heterocycles. The van der Waals surface area contributed by atoms with Crippen LogP contribution in [0.15, 0.2) is 29.2 Å². The van der Waals surface area contributed by atoms with Crippen LogP contribution in [0.5, 0.6) is 0 Å². The molecule has 2 rings (SSSR count). The van der Waals surface area contributed by atoms with Gasteiger partial charge in [0.1, 0.15) is 6.04 Å². The van der Waals surface area contributed by atoms with Gasteiger partial charge in [-0.2, -0.15) is 4.72 Å². The SMILES string of the molecule is CC(C)C[C@H](NS(=O)(=O)c1cccc([N+](=O)[O-])c1)C(=O)N1CCCCC1. The average Bonchev–Trinajstić information content (AvgIpc) is 2.60. The number of nitro groups is 1. The molecule has 26 heavy (non-hydrogen) atoms. The molecule has 0 saturated carbocycles. The van der Waals surface area contributed by atoms with Crippen LogP contribution in [0.25, 0.3) is 0 Å². The fourth-order valence-electron chi connectivity index (χ4n) is 3.02. The average molecular weight is 383 g/mol. The van der Waals surface area contributed by atoms with Gasteiger partial charge >= 0.3 is 0 Å². The summed E-state index contributed by atoms with van der Waals surface area (Å²) in [6.45, 7) is 5.09. The van der Waals surface area contributed by atoms with Crippen LogP contribution < -0.4 is 4.72 Å². The van der Waals surface area contributed by atoms with Crippen molar-refractivity contribution < 1.29 is 18.1 Å². The van der Waals surface area contributed by atoms with Crippen molar-refractivity contribution in [2.75, 3.05) is 13.1 Å². The van der Waals surface area contributed by atoms with Crippen LogP contribution in [-0.4, -0.2) is 43.3 Å². The Bertz CT molecular complexity index is 757. The predicted octanol–water partition coefficient (Wildman–Crippen LogP) is 2.30. The molecule has 0 aromatic heterocycles. The van der Waals surface area contributed by atoms with Gasteiger partial charge in [-0.25, -0.2) is 8.42 Å². The summed E-state index contributed by atoms with van der Waals surface area (Å²) in [5, 5.41) is 10.9. The Morgan fingerprint density at radius 1 is 1.27 bits per heavy atom. The molecule has 9 heteroatoms. The second kappa shape index (κ2) is 8.59. The Morgan fingerprint density at radius 3 is 2.50 bits per heavy atom. The Morgan fingerprint density at radius 2 is 1.92 bits per heavy atom. The Labute approximate surface area is 153 Å². The first-order chi connectivity index (χ1) is 12.2. The monoisotopic (exact) mass is 383 g/mol. The number of nitrogens with zero attached hydrogens (tertiary/aromatic N) is 2. The van der Waals surface area contributed by atoms with Gasteiger partial charge in [0, 0.05) is 25.2 Å². The van der Waals surface area contributed by atoms with E-state index in [9.17, 15) is 23.3 Å². The molecule has 1 fully saturated rings. The molecule has 0 unspecified atom stereocenters. The van der Waals surface area contributed by atoms with Crippen molar-refractivity contribution in [2.24, 2.45) is 5.92 Å². The maximum atomic E-state index is 12.8. The maximum Gasteiger partial charge on any atom is 0.270 e. The molecule has 1 heterocycles. The van der Waals surface area contributed by atoms with Crippen LogP contribution >= 0.6 is 0 Å². The van der Waals surface area contributed by atoms with E-state index in [4.69, 9.17) is 0 Å². The molecule has 0 bridgehead atoms. The topological polar surface area (TPSA) is 110 Å². The van der Waals surface area contributed by atoms with Crippen LogP contribution in [0.4, 0.5) is 5.69 Å². The molecular formula is C17H25N3O5S. The molecule has 0 aliphatic carbocycles. The largest absolute Gasteiger partial charge is 0.341 e. The zero-order valence-electron chi connectivity index (χ0n) is 15.1. The molecule has 1 aliphatic heterocycles. The number of nitrogens with one attached hydrogen (secondary N) is 1. The minimum Gasteiger partial charge on any atom is -0.341 e. The smallest absolute Gasteiger partial charge is 0.270 e. The number of hydrogen-bond acceptors (Lipinski definition) is 5. The molecule has 1 aliphatic rings. The zero-order valence-corrected chi connectivity index (χ0v) is 15.9. The van der Waals surface area contributed by atoms with Crippen molar-refractivity contribution in [2.45, 2.75) is 50.5 Å². The van der Waals surface area contributed by atoms with Crippen LogP contribution in [-0.2, 0) is 14.8 Å². The lowest BCUT2D eigenvalue weighted by atomic mass is 10.0. The molecule has 144 valence electrons. The number of non-ortho nitro benzene ring substituents is 1. The van der Waals surface area contributed by atoms with Gasteiger partial charge in [0.05, 0.1) is 9.82 Å². The lowest BCUT2D eigenvalue weighted by Gasteiger charge is -2.31. The summed E-state index contributed by atoms with van der Waals surface area (Å²) in [6.07, 6.45) is 3.26. The number of benzene rings is 1.